The van der Waals surface area contributed by atoms with Crippen molar-refractivity contribution in [2.75, 3.05) is 14.2 Å². The molecule has 1 aliphatic carbocycles. The van der Waals surface area contributed by atoms with Gasteiger partial charge < -0.3 is 24.1 Å². The van der Waals surface area contributed by atoms with Crippen LogP contribution in [-0.2, 0) is 11.2 Å². The highest BCUT2D eigenvalue weighted by Gasteiger charge is 2.62. The lowest BCUT2D eigenvalue weighted by Gasteiger charge is -2.42. The van der Waals surface area contributed by atoms with Gasteiger partial charge in [0.25, 0.3) is 0 Å². The molecular formula is C29H28ClNO7. The molecule has 0 saturated carbocycles. The molecule has 198 valence electrons. The Morgan fingerprint density at radius 2 is 1.84 bits per heavy atom. The molecule has 0 radical (unpaired) electrons. The summed E-state index contributed by atoms with van der Waals surface area (Å²) < 4.78 is 22.6. The Bertz CT molecular complexity index is 1440. The molecule has 0 fully saturated rings. The summed E-state index contributed by atoms with van der Waals surface area (Å²) in [5.74, 6) is -0.918. The number of rotatable bonds is 5. The number of fused-ring (bicyclic) bond motifs is 2. The van der Waals surface area contributed by atoms with Crippen LogP contribution in [0.2, 0.25) is 5.02 Å². The topological polar surface area (TPSA) is 104 Å². The molecule has 8 nitrogen and oxygen atoms in total. The number of methoxy groups -OCH3 is 2. The third kappa shape index (κ3) is 3.82. The van der Waals surface area contributed by atoms with E-state index in [1.54, 1.807) is 26.8 Å². The summed E-state index contributed by atoms with van der Waals surface area (Å²) in [5.41, 5.74) is 0.808. The van der Waals surface area contributed by atoms with Crippen molar-refractivity contribution in [3.8, 4) is 28.4 Å². The van der Waals surface area contributed by atoms with Gasteiger partial charge in [0.15, 0.2) is 5.75 Å². The molecule has 1 aromatic heterocycles. The predicted octanol–water partition coefficient (Wildman–Crippen LogP) is 5.22. The zero-order chi connectivity index (χ0) is 27.4. The van der Waals surface area contributed by atoms with Crippen molar-refractivity contribution in [2.45, 2.75) is 45.0 Å². The number of benzene rings is 2. The molecule has 2 heterocycles. The lowest BCUT2D eigenvalue weighted by atomic mass is 9.68. The number of ketones is 1. The molecule has 3 aromatic rings. The number of halogens is 1. The number of hydrogen-bond donors (Lipinski definition) is 1. The number of esters is 1. The van der Waals surface area contributed by atoms with Gasteiger partial charge in [-0.3, -0.25) is 4.79 Å². The summed E-state index contributed by atoms with van der Waals surface area (Å²) in [5, 5.41) is 12.1. The molecule has 1 aliphatic heterocycles. The van der Waals surface area contributed by atoms with Crippen LogP contribution in [0.25, 0.3) is 11.1 Å². The molecule has 38 heavy (non-hydrogen) atoms. The van der Waals surface area contributed by atoms with Crippen molar-refractivity contribution in [3.05, 3.63) is 70.0 Å². The van der Waals surface area contributed by atoms with Gasteiger partial charge >= 0.3 is 5.97 Å². The minimum Gasteiger partial charge on any atom is -0.496 e. The van der Waals surface area contributed by atoms with Gasteiger partial charge in [0.05, 0.1) is 20.3 Å². The van der Waals surface area contributed by atoms with Gasteiger partial charge in [-0.15, -0.1) is 0 Å². The molecule has 1 N–H and O–H groups in total. The highest BCUT2D eigenvalue weighted by atomic mass is 35.5. The molecule has 5 rings (SSSR count). The fraction of sp³-hybridized carbons (Fsp3) is 0.345. The van der Waals surface area contributed by atoms with Crippen LogP contribution in [0.1, 0.15) is 59.0 Å². The average molecular weight is 538 g/mol. The number of aromatic nitrogens is 1. The van der Waals surface area contributed by atoms with Gasteiger partial charge in [-0.1, -0.05) is 48.9 Å². The van der Waals surface area contributed by atoms with E-state index < -0.39 is 29.4 Å². The van der Waals surface area contributed by atoms with Crippen LogP contribution in [0.4, 0.5) is 0 Å². The number of ether oxygens (including phenoxy) is 4. The molecule has 0 bridgehead atoms. The fourth-order valence-electron chi connectivity index (χ4n) is 5.35. The van der Waals surface area contributed by atoms with Crippen LogP contribution in [0.15, 0.2) is 42.5 Å². The van der Waals surface area contributed by atoms with Crippen LogP contribution >= 0.6 is 11.6 Å². The van der Waals surface area contributed by atoms with E-state index in [9.17, 15) is 14.7 Å². The number of hydrogen-bond acceptors (Lipinski definition) is 8. The van der Waals surface area contributed by atoms with Crippen LogP contribution in [-0.4, -0.2) is 47.8 Å². The first kappa shape index (κ1) is 26.0. The number of aliphatic hydroxyl groups excluding tert-OH is 1. The van der Waals surface area contributed by atoms with Crippen LogP contribution in [0.3, 0.4) is 0 Å². The van der Waals surface area contributed by atoms with Crippen molar-refractivity contribution in [2.24, 2.45) is 5.92 Å². The largest absolute Gasteiger partial charge is 0.496 e. The maximum absolute atomic E-state index is 14.1. The van der Waals surface area contributed by atoms with E-state index >= 15 is 0 Å². The average Bonchev–Trinajstić information content (AvgIpc) is 3.22. The number of carbonyl (C=O) groups is 2. The zero-order valence-electron chi connectivity index (χ0n) is 21.7. The standard InChI is InChI=1S/C29H28ClNO7/c1-14(2)37-28(34)19-12-17(16-9-7-6-8-10-16)22-18(31-19)11-15(3)29(26(22)32)27(33)23-20(35-4)13-21(36-5)24(30)25(23)38-29/h6-10,12-15,26,32H,11H2,1-5H3/t15-,26?,29+/m1/s1. The Morgan fingerprint density at radius 3 is 2.47 bits per heavy atom. The van der Waals surface area contributed by atoms with E-state index in [-0.39, 0.29) is 46.1 Å². The molecule has 0 saturated heterocycles. The van der Waals surface area contributed by atoms with Crippen LogP contribution in [0, 0.1) is 5.92 Å². The van der Waals surface area contributed by atoms with Crippen molar-refractivity contribution in [1.29, 1.82) is 0 Å². The van der Waals surface area contributed by atoms with Gasteiger partial charge in [-0.05, 0) is 37.5 Å². The summed E-state index contributed by atoms with van der Waals surface area (Å²) in [7, 11) is 2.89. The van der Waals surface area contributed by atoms with Gasteiger partial charge in [-0.2, -0.15) is 0 Å². The van der Waals surface area contributed by atoms with E-state index in [2.05, 4.69) is 4.98 Å². The SMILES string of the molecule is COc1cc(OC)c2c(c1Cl)O[C@]1(C2=O)C(O)c2c(-c3ccccc3)cc(C(=O)OC(C)C)nc2C[C@H]1C. The summed E-state index contributed by atoms with van der Waals surface area (Å²) in [6.07, 6.45) is -1.50. The second kappa shape index (κ2) is 9.60. The first-order chi connectivity index (χ1) is 18.1. The first-order valence-electron chi connectivity index (χ1n) is 12.3. The number of pyridine rings is 1. The van der Waals surface area contributed by atoms with Gasteiger partial charge in [0.1, 0.15) is 33.9 Å². The molecule has 2 aromatic carbocycles. The van der Waals surface area contributed by atoms with E-state index in [1.165, 1.54) is 20.3 Å². The molecule has 1 spiro atoms. The Balaban J connectivity index is 1.71. The van der Waals surface area contributed by atoms with Crippen molar-refractivity contribution in [1.82, 2.24) is 4.98 Å². The van der Waals surface area contributed by atoms with Gasteiger partial charge in [-0.25, -0.2) is 9.78 Å². The highest BCUT2D eigenvalue weighted by molar-refractivity contribution is 6.35. The lowest BCUT2D eigenvalue weighted by molar-refractivity contribution is -0.0639. The maximum atomic E-state index is 14.1. The minimum absolute atomic E-state index is 0.105. The second-order valence-electron chi connectivity index (χ2n) is 9.77. The molecule has 2 aliphatic rings. The second-order valence-corrected chi connectivity index (χ2v) is 10.1. The third-order valence-electron chi connectivity index (χ3n) is 7.13. The van der Waals surface area contributed by atoms with E-state index in [1.807, 2.05) is 30.3 Å². The number of Topliss-reactive ketones (excluding diaryl/α,β-unsaturated/α-hetero) is 1. The maximum Gasteiger partial charge on any atom is 0.357 e. The smallest absolute Gasteiger partial charge is 0.357 e. The first-order valence-corrected chi connectivity index (χ1v) is 12.7. The van der Waals surface area contributed by atoms with Crippen molar-refractivity contribution < 1.29 is 33.6 Å². The third-order valence-corrected chi connectivity index (χ3v) is 7.49. The summed E-state index contributed by atoms with van der Waals surface area (Å²) in [6, 6.07) is 12.4. The van der Waals surface area contributed by atoms with Crippen molar-refractivity contribution >= 4 is 23.4 Å². The normalized spacial score (nSPS) is 21.6. The Labute approximate surface area is 225 Å². The summed E-state index contributed by atoms with van der Waals surface area (Å²) in [4.78, 5) is 31.5. The number of carbonyl (C=O) groups excluding carboxylic acids is 2. The monoisotopic (exact) mass is 537 g/mol. The fourth-order valence-corrected chi connectivity index (χ4v) is 5.62. The zero-order valence-corrected chi connectivity index (χ0v) is 22.5. The molecule has 3 atom stereocenters. The number of aliphatic hydroxyl groups is 1. The molecule has 0 amide bonds. The molecular weight excluding hydrogens is 510 g/mol. The van der Waals surface area contributed by atoms with E-state index in [0.717, 1.165) is 5.56 Å². The highest BCUT2D eigenvalue weighted by Crippen LogP contribution is 2.57. The lowest BCUT2D eigenvalue weighted by Crippen LogP contribution is -2.55. The Kier molecular flexibility index (Phi) is 6.57. The Morgan fingerprint density at radius 1 is 1.16 bits per heavy atom. The van der Waals surface area contributed by atoms with Crippen LogP contribution < -0.4 is 14.2 Å². The summed E-state index contributed by atoms with van der Waals surface area (Å²) in [6.45, 7) is 5.33. The van der Waals surface area contributed by atoms with E-state index in [4.69, 9.17) is 30.5 Å². The van der Waals surface area contributed by atoms with E-state index in [0.29, 0.717) is 16.8 Å². The van der Waals surface area contributed by atoms with Crippen molar-refractivity contribution in [3.63, 3.8) is 0 Å². The van der Waals surface area contributed by atoms with Crippen LogP contribution in [0.5, 0.6) is 17.2 Å². The quantitative estimate of drug-likeness (QED) is 0.441. The Hall–Kier alpha value is -3.62. The molecule has 9 heteroatoms. The number of nitrogens with zero attached hydrogens (tertiary/aromatic N) is 1. The molecule has 1 unspecified atom stereocenters. The minimum atomic E-state index is -1.69. The van der Waals surface area contributed by atoms with Gasteiger partial charge in [0, 0.05) is 23.2 Å². The van der Waals surface area contributed by atoms with Gasteiger partial charge in [0.2, 0.25) is 11.4 Å². The predicted molar refractivity (Wildman–Crippen MR) is 140 cm³/mol. The summed E-state index contributed by atoms with van der Waals surface area (Å²) >= 11 is 6.57.